The molecule has 1 heterocycles. The maximum Gasteiger partial charge on any atom is 0.169 e. The molecule has 1 saturated carbocycles. The summed E-state index contributed by atoms with van der Waals surface area (Å²) in [5.41, 5.74) is 0. The second-order valence-electron chi connectivity index (χ2n) is 4.73. The molecule has 2 heteroatoms. The standard InChI is InChI=1S/C14H22O2/c1-2-3-4-6-9-13-12-15-14(16-13)10-7-5-8-11-14/h2,6,9,13H,1,3-5,7-8,10-12H2/b9-6+/t13-/m0/s1. The quantitative estimate of drug-likeness (QED) is 0.534. The van der Waals surface area contributed by atoms with Gasteiger partial charge >= 0.3 is 0 Å². The van der Waals surface area contributed by atoms with Gasteiger partial charge in [-0.05, 0) is 25.7 Å². The van der Waals surface area contributed by atoms with Crippen molar-refractivity contribution in [3.8, 4) is 0 Å². The summed E-state index contributed by atoms with van der Waals surface area (Å²) in [5.74, 6) is -0.230. The molecule has 1 atom stereocenters. The Morgan fingerprint density at radius 1 is 1.19 bits per heavy atom. The Morgan fingerprint density at radius 2 is 2.00 bits per heavy atom. The number of allylic oxidation sites excluding steroid dienone is 2. The number of rotatable bonds is 4. The maximum atomic E-state index is 6.04. The van der Waals surface area contributed by atoms with Gasteiger partial charge in [0.05, 0.1) is 6.61 Å². The molecule has 0 aromatic carbocycles. The lowest BCUT2D eigenvalue weighted by Gasteiger charge is -2.31. The van der Waals surface area contributed by atoms with Crippen LogP contribution in [0.2, 0.25) is 0 Å². The first-order valence-corrected chi connectivity index (χ1v) is 6.44. The van der Waals surface area contributed by atoms with Gasteiger partial charge in [-0.3, -0.25) is 0 Å². The molecular weight excluding hydrogens is 200 g/mol. The molecular formula is C14H22O2. The predicted octanol–water partition coefficient (Wildman–Crippen LogP) is 3.58. The number of ether oxygens (including phenoxy) is 2. The molecule has 0 N–H and O–H groups in total. The summed E-state index contributed by atoms with van der Waals surface area (Å²) in [7, 11) is 0. The van der Waals surface area contributed by atoms with Gasteiger partial charge in [-0.2, -0.15) is 0 Å². The first kappa shape index (κ1) is 11.9. The van der Waals surface area contributed by atoms with E-state index >= 15 is 0 Å². The maximum absolute atomic E-state index is 6.04. The third-order valence-electron chi connectivity index (χ3n) is 3.38. The first-order valence-electron chi connectivity index (χ1n) is 6.44. The van der Waals surface area contributed by atoms with Crippen LogP contribution < -0.4 is 0 Å². The first-order chi connectivity index (χ1) is 7.85. The van der Waals surface area contributed by atoms with E-state index in [9.17, 15) is 0 Å². The molecule has 16 heavy (non-hydrogen) atoms. The van der Waals surface area contributed by atoms with E-state index in [-0.39, 0.29) is 11.9 Å². The van der Waals surface area contributed by atoms with E-state index in [1.54, 1.807) is 0 Å². The van der Waals surface area contributed by atoms with Gasteiger partial charge in [-0.15, -0.1) is 6.58 Å². The molecule has 1 aliphatic heterocycles. The van der Waals surface area contributed by atoms with Crippen LogP contribution in [0.15, 0.2) is 24.8 Å². The van der Waals surface area contributed by atoms with E-state index in [2.05, 4.69) is 18.7 Å². The van der Waals surface area contributed by atoms with E-state index in [0.29, 0.717) is 0 Å². The van der Waals surface area contributed by atoms with E-state index in [1.807, 2.05) is 6.08 Å². The summed E-state index contributed by atoms with van der Waals surface area (Å²) < 4.78 is 11.9. The van der Waals surface area contributed by atoms with Crippen molar-refractivity contribution in [1.29, 1.82) is 0 Å². The fourth-order valence-electron chi connectivity index (χ4n) is 2.49. The zero-order valence-electron chi connectivity index (χ0n) is 9.99. The summed E-state index contributed by atoms with van der Waals surface area (Å²) in [6.07, 6.45) is 14.5. The minimum atomic E-state index is -0.230. The lowest BCUT2D eigenvalue weighted by molar-refractivity contribution is -0.182. The third kappa shape index (κ3) is 2.96. The van der Waals surface area contributed by atoms with Crippen LogP contribution in [0, 0.1) is 0 Å². The molecule has 0 unspecified atom stereocenters. The molecule has 1 aliphatic carbocycles. The van der Waals surface area contributed by atoms with Gasteiger partial charge in [-0.1, -0.05) is 24.6 Å². The molecule has 0 aromatic rings. The molecule has 0 aromatic heterocycles. The predicted molar refractivity (Wildman–Crippen MR) is 65.2 cm³/mol. The van der Waals surface area contributed by atoms with Gasteiger partial charge in [0, 0.05) is 12.8 Å². The summed E-state index contributed by atoms with van der Waals surface area (Å²) in [5, 5.41) is 0. The van der Waals surface area contributed by atoms with Crippen LogP contribution in [0.25, 0.3) is 0 Å². The Balaban J connectivity index is 1.78. The minimum absolute atomic E-state index is 0.169. The lowest BCUT2D eigenvalue weighted by atomic mass is 9.94. The van der Waals surface area contributed by atoms with Gasteiger partial charge < -0.3 is 9.47 Å². The van der Waals surface area contributed by atoms with Crippen molar-refractivity contribution >= 4 is 0 Å². The highest BCUT2D eigenvalue weighted by Gasteiger charge is 2.41. The monoisotopic (exact) mass is 222 g/mol. The van der Waals surface area contributed by atoms with Crippen LogP contribution in [0.3, 0.4) is 0 Å². The van der Waals surface area contributed by atoms with Crippen LogP contribution in [0.5, 0.6) is 0 Å². The number of hydrogen-bond acceptors (Lipinski definition) is 2. The van der Waals surface area contributed by atoms with Crippen LogP contribution in [-0.2, 0) is 9.47 Å². The highest BCUT2D eigenvalue weighted by molar-refractivity contribution is 4.95. The minimum Gasteiger partial charge on any atom is -0.347 e. The van der Waals surface area contributed by atoms with E-state index in [4.69, 9.17) is 9.47 Å². The van der Waals surface area contributed by atoms with Crippen molar-refractivity contribution in [2.45, 2.75) is 56.8 Å². The van der Waals surface area contributed by atoms with E-state index in [0.717, 1.165) is 32.3 Å². The molecule has 2 fully saturated rings. The van der Waals surface area contributed by atoms with Crippen LogP contribution in [-0.4, -0.2) is 18.5 Å². The van der Waals surface area contributed by atoms with Gasteiger partial charge in [0.1, 0.15) is 6.10 Å². The van der Waals surface area contributed by atoms with Crippen molar-refractivity contribution in [3.63, 3.8) is 0 Å². The average Bonchev–Trinajstić information content (AvgIpc) is 2.69. The summed E-state index contributed by atoms with van der Waals surface area (Å²) >= 11 is 0. The SMILES string of the molecule is C=CCC/C=C/[C@H]1COC2(CCCCC2)O1. The van der Waals surface area contributed by atoms with E-state index in [1.165, 1.54) is 19.3 Å². The Labute approximate surface area is 98.3 Å². The Bertz CT molecular complexity index is 251. The van der Waals surface area contributed by atoms with Gasteiger partial charge in [0.25, 0.3) is 0 Å². The molecule has 1 saturated heterocycles. The van der Waals surface area contributed by atoms with Gasteiger partial charge in [0.15, 0.2) is 5.79 Å². The molecule has 1 spiro atoms. The van der Waals surface area contributed by atoms with Crippen LogP contribution >= 0.6 is 0 Å². The number of unbranched alkanes of at least 4 members (excludes halogenated alkanes) is 1. The fraction of sp³-hybridized carbons (Fsp3) is 0.714. The largest absolute Gasteiger partial charge is 0.347 e. The molecule has 0 bridgehead atoms. The number of hydrogen-bond donors (Lipinski definition) is 0. The van der Waals surface area contributed by atoms with E-state index < -0.39 is 0 Å². The molecule has 2 rings (SSSR count). The normalized spacial score (nSPS) is 28.9. The zero-order valence-corrected chi connectivity index (χ0v) is 9.99. The Hall–Kier alpha value is -0.600. The third-order valence-corrected chi connectivity index (χ3v) is 3.38. The zero-order chi connectivity index (χ0) is 11.3. The molecule has 90 valence electrons. The Morgan fingerprint density at radius 3 is 2.75 bits per heavy atom. The second-order valence-corrected chi connectivity index (χ2v) is 4.73. The molecule has 0 amide bonds. The highest BCUT2D eigenvalue weighted by atomic mass is 16.7. The van der Waals surface area contributed by atoms with Gasteiger partial charge in [0.2, 0.25) is 0 Å². The fourth-order valence-corrected chi connectivity index (χ4v) is 2.49. The smallest absolute Gasteiger partial charge is 0.169 e. The summed E-state index contributed by atoms with van der Waals surface area (Å²) in [6, 6.07) is 0. The van der Waals surface area contributed by atoms with Gasteiger partial charge in [-0.25, -0.2) is 0 Å². The molecule has 0 radical (unpaired) electrons. The highest BCUT2D eigenvalue weighted by Crippen LogP contribution is 2.37. The van der Waals surface area contributed by atoms with Crippen molar-refractivity contribution in [2.24, 2.45) is 0 Å². The average molecular weight is 222 g/mol. The summed E-state index contributed by atoms with van der Waals surface area (Å²) in [6.45, 7) is 4.44. The van der Waals surface area contributed by atoms with Crippen LogP contribution in [0.4, 0.5) is 0 Å². The van der Waals surface area contributed by atoms with Crippen LogP contribution in [0.1, 0.15) is 44.9 Å². The van der Waals surface area contributed by atoms with Crippen molar-refractivity contribution in [1.82, 2.24) is 0 Å². The second kappa shape index (κ2) is 5.65. The summed E-state index contributed by atoms with van der Waals surface area (Å²) in [4.78, 5) is 0. The molecule has 2 nitrogen and oxygen atoms in total. The van der Waals surface area contributed by atoms with Crippen molar-refractivity contribution < 1.29 is 9.47 Å². The van der Waals surface area contributed by atoms with Crippen molar-refractivity contribution in [3.05, 3.63) is 24.8 Å². The Kier molecular flexibility index (Phi) is 4.19. The molecule has 2 aliphatic rings. The van der Waals surface area contributed by atoms with Crippen molar-refractivity contribution in [2.75, 3.05) is 6.61 Å². The topological polar surface area (TPSA) is 18.5 Å². The lowest BCUT2D eigenvalue weighted by Crippen LogP contribution is -2.33.